The maximum atomic E-state index is 12.3. The first-order valence-electron chi connectivity index (χ1n) is 8.18. The molecule has 2 N–H and O–H groups in total. The lowest BCUT2D eigenvalue weighted by Crippen LogP contribution is -2.44. The Morgan fingerprint density at radius 2 is 1.95 bits per heavy atom. The van der Waals surface area contributed by atoms with Crippen molar-refractivity contribution in [2.75, 3.05) is 0 Å². The maximum Gasteiger partial charge on any atom is 0.315 e. The molecule has 21 heavy (non-hydrogen) atoms. The van der Waals surface area contributed by atoms with Crippen molar-refractivity contribution < 1.29 is 4.79 Å². The van der Waals surface area contributed by atoms with Crippen LogP contribution in [0.2, 0.25) is 0 Å². The zero-order valence-electron chi connectivity index (χ0n) is 13.4. The minimum absolute atomic E-state index is 0.0248. The van der Waals surface area contributed by atoms with Gasteiger partial charge < -0.3 is 10.6 Å². The Labute approximate surface area is 128 Å². The second kappa shape index (κ2) is 7.48. The van der Waals surface area contributed by atoms with Crippen LogP contribution < -0.4 is 10.6 Å². The van der Waals surface area contributed by atoms with Crippen LogP contribution in [0, 0.1) is 11.8 Å². The second-order valence-corrected chi connectivity index (χ2v) is 6.73. The lowest BCUT2D eigenvalue weighted by atomic mass is 9.97. The molecule has 0 heterocycles. The fourth-order valence-electron chi connectivity index (χ4n) is 3.16. The summed E-state index contributed by atoms with van der Waals surface area (Å²) in [5, 5.41) is 6.31. The molecule has 1 aliphatic rings. The number of carbonyl (C=O) groups is 1. The van der Waals surface area contributed by atoms with E-state index in [4.69, 9.17) is 0 Å². The van der Waals surface area contributed by atoms with Crippen LogP contribution in [0.4, 0.5) is 4.79 Å². The summed E-state index contributed by atoms with van der Waals surface area (Å²) in [4.78, 5) is 12.3. The highest BCUT2D eigenvalue weighted by atomic mass is 16.2. The van der Waals surface area contributed by atoms with E-state index < -0.39 is 0 Å². The van der Waals surface area contributed by atoms with Gasteiger partial charge in [0, 0.05) is 6.04 Å². The Balaban J connectivity index is 1.96. The minimum atomic E-state index is -0.0248. The van der Waals surface area contributed by atoms with Gasteiger partial charge in [0.05, 0.1) is 6.04 Å². The molecule has 1 aromatic rings. The van der Waals surface area contributed by atoms with Crippen LogP contribution in [0.1, 0.15) is 58.1 Å². The van der Waals surface area contributed by atoms with Crippen molar-refractivity contribution in [3.05, 3.63) is 35.9 Å². The zero-order valence-corrected chi connectivity index (χ0v) is 13.4. The van der Waals surface area contributed by atoms with Crippen molar-refractivity contribution in [1.82, 2.24) is 10.6 Å². The van der Waals surface area contributed by atoms with Gasteiger partial charge in [0.25, 0.3) is 0 Å². The first-order valence-corrected chi connectivity index (χ1v) is 8.18. The smallest absolute Gasteiger partial charge is 0.315 e. The number of hydrogen-bond acceptors (Lipinski definition) is 1. The molecule has 0 radical (unpaired) electrons. The molecule has 1 saturated carbocycles. The van der Waals surface area contributed by atoms with Gasteiger partial charge >= 0.3 is 6.03 Å². The molecule has 0 spiro atoms. The zero-order chi connectivity index (χ0) is 15.2. The summed E-state index contributed by atoms with van der Waals surface area (Å²) in [6.07, 6.45) is 4.51. The predicted octanol–water partition coefficient (Wildman–Crippen LogP) is 4.26. The van der Waals surface area contributed by atoms with Crippen LogP contribution in [-0.4, -0.2) is 12.1 Å². The summed E-state index contributed by atoms with van der Waals surface area (Å²) < 4.78 is 0. The Morgan fingerprint density at radius 3 is 2.52 bits per heavy atom. The van der Waals surface area contributed by atoms with Gasteiger partial charge in [-0.25, -0.2) is 4.79 Å². The van der Waals surface area contributed by atoms with Crippen LogP contribution in [0.5, 0.6) is 0 Å². The number of urea groups is 1. The highest BCUT2D eigenvalue weighted by Crippen LogP contribution is 2.25. The molecule has 0 aliphatic heterocycles. The average Bonchev–Trinajstić information content (AvgIpc) is 2.84. The van der Waals surface area contributed by atoms with Gasteiger partial charge in [-0.3, -0.25) is 0 Å². The van der Waals surface area contributed by atoms with Crippen LogP contribution in [-0.2, 0) is 0 Å². The molecule has 1 fully saturated rings. The predicted molar refractivity (Wildman–Crippen MR) is 87.1 cm³/mol. The maximum absolute atomic E-state index is 12.3. The van der Waals surface area contributed by atoms with E-state index in [1.165, 1.54) is 18.4 Å². The SMILES string of the molecule is CC(C)CC(NC(=O)NC1CCCC1C)c1ccccc1. The highest BCUT2D eigenvalue weighted by Gasteiger charge is 2.25. The van der Waals surface area contributed by atoms with Crippen LogP contribution in [0.25, 0.3) is 0 Å². The third-order valence-electron chi connectivity index (χ3n) is 4.39. The Kier molecular flexibility index (Phi) is 5.66. The van der Waals surface area contributed by atoms with E-state index >= 15 is 0 Å². The minimum Gasteiger partial charge on any atom is -0.335 e. The summed E-state index contributed by atoms with van der Waals surface area (Å²) in [6.45, 7) is 6.60. The van der Waals surface area contributed by atoms with Gasteiger partial charge in [0.15, 0.2) is 0 Å². The molecule has 2 amide bonds. The Hall–Kier alpha value is -1.51. The molecule has 3 heteroatoms. The molecule has 116 valence electrons. The van der Waals surface area contributed by atoms with Crippen molar-refractivity contribution in [3.63, 3.8) is 0 Å². The van der Waals surface area contributed by atoms with Crippen molar-refractivity contribution in [2.24, 2.45) is 11.8 Å². The molecule has 1 aliphatic carbocycles. The van der Waals surface area contributed by atoms with Gasteiger partial charge in [0.1, 0.15) is 0 Å². The van der Waals surface area contributed by atoms with Gasteiger partial charge in [-0.1, -0.05) is 57.5 Å². The van der Waals surface area contributed by atoms with Crippen molar-refractivity contribution >= 4 is 6.03 Å². The number of benzene rings is 1. The number of carbonyl (C=O) groups excluding carboxylic acids is 1. The molecular formula is C18H28N2O. The topological polar surface area (TPSA) is 41.1 Å². The normalized spacial score (nSPS) is 23.0. The van der Waals surface area contributed by atoms with Crippen molar-refractivity contribution in [1.29, 1.82) is 0 Å². The fraction of sp³-hybridized carbons (Fsp3) is 0.611. The lowest BCUT2D eigenvalue weighted by Gasteiger charge is -2.24. The number of rotatable bonds is 5. The fourth-order valence-corrected chi connectivity index (χ4v) is 3.16. The van der Waals surface area contributed by atoms with E-state index in [0.29, 0.717) is 17.9 Å². The van der Waals surface area contributed by atoms with E-state index in [1.54, 1.807) is 0 Å². The first kappa shape index (κ1) is 15.9. The van der Waals surface area contributed by atoms with Crippen LogP contribution in [0.3, 0.4) is 0 Å². The Bertz CT molecular complexity index is 444. The molecule has 0 bridgehead atoms. The summed E-state index contributed by atoms with van der Waals surface area (Å²) >= 11 is 0. The van der Waals surface area contributed by atoms with Gasteiger partial charge in [0.2, 0.25) is 0 Å². The summed E-state index contributed by atoms with van der Waals surface area (Å²) in [5.41, 5.74) is 1.18. The molecule has 3 atom stereocenters. The van der Waals surface area contributed by atoms with Gasteiger partial charge in [-0.15, -0.1) is 0 Å². The van der Waals surface area contributed by atoms with E-state index in [9.17, 15) is 4.79 Å². The first-order chi connectivity index (χ1) is 10.1. The molecule has 1 aromatic carbocycles. The monoisotopic (exact) mass is 288 g/mol. The van der Waals surface area contributed by atoms with E-state index in [1.807, 2.05) is 18.2 Å². The van der Waals surface area contributed by atoms with Gasteiger partial charge in [-0.05, 0) is 36.7 Å². The second-order valence-electron chi connectivity index (χ2n) is 6.73. The molecule has 0 aromatic heterocycles. The van der Waals surface area contributed by atoms with E-state index in [0.717, 1.165) is 12.8 Å². The molecular weight excluding hydrogens is 260 g/mol. The average molecular weight is 288 g/mol. The molecule has 0 saturated heterocycles. The quantitative estimate of drug-likeness (QED) is 0.835. The van der Waals surface area contributed by atoms with Crippen molar-refractivity contribution in [2.45, 2.75) is 58.5 Å². The summed E-state index contributed by atoms with van der Waals surface area (Å²) in [6, 6.07) is 10.6. The molecule has 2 rings (SSSR count). The van der Waals surface area contributed by atoms with E-state index in [-0.39, 0.29) is 12.1 Å². The van der Waals surface area contributed by atoms with Crippen LogP contribution in [0.15, 0.2) is 30.3 Å². The summed E-state index contributed by atoms with van der Waals surface area (Å²) in [5.74, 6) is 1.14. The molecule has 3 nitrogen and oxygen atoms in total. The van der Waals surface area contributed by atoms with Crippen LogP contribution >= 0.6 is 0 Å². The Morgan fingerprint density at radius 1 is 1.24 bits per heavy atom. The number of hydrogen-bond donors (Lipinski definition) is 2. The lowest BCUT2D eigenvalue weighted by molar-refractivity contribution is 0.228. The number of nitrogens with one attached hydrogen (secondary N) is 2. The third kappa shape index (κ3) is 4.76. The standard InChI is InChI=1S/C18H28N2O/c1-13(2)12-17(15-9-5-4-6-10-15)20-18(21)19-16-11-7-8-14(16)3/h4-6,9-10,13-14,16-17H,7-8,11-12H2,1-3H3,(H2,19,20,21). The van der Waals surface area contributed by atoms with E-state index in [2.05, 4.69) is 43.5 Å². The number of amides is 2. The van der Waals surface area contributed by atoms with Gasteiger partial charge in [-0.2, -0.15) is 0 Å². The largest absolute Gasteiger partial charge is 0.335 e. The highest BCUT2D eigenvalue weighted by molar-refractivity contribution is 5.74. The van der Waals surface area contributed by atoms with Crippen molar-refractivity contribution in [3.8, 4) is 0 Å². The molecule has 3 unspecified atom stereocenters. The summed E-state index contributed by atoms with van der Waals surface area (Å²) in [7, 11) is 0. The third-order valence-corrected chi connectivity index (χ3v) is 4.39.